The van der Waals surface area contributed by atoms with Crippen LogP contribution in [0.2, 0.25) is 0 Å². The molecule has 0 N–H and O–H groups in total. The fourth-order valence-corrected chi connectivity index (χ4v) is 3.95. The van der Waals surface area contributed by atoms with E-state index >= 15 is 0 Å². The Hall–Kier alpha value is -3.14. The van der Waals surface area contributed by atoms with Crippen LogP contribution >= 0.6 is 0 Å². The highest BCUT2D eigenvalue weighted by atomic mass is 16.2. The van der Waals surface area contributed by atoms with Crippen LogP contribution in [0.25, 0.3) is 0 Å². The van der Waals surface area contributed by atoms with E-state index in [4.69, 9.17) is 0 Å². The van der Waals surface area contributed by atoms with Crippen molar-refractivity contribution >= 4 is 17.3 Å². The maximum Gasteiger partial charge on any atom is 0.255 e. The fraction of sp³-hybridized carbons (Fsp3) is 0.250. The first-order chi connectivity index (χ1) is 13.7. The fourth-order valence-electron chi connectivity index (χ4n) is 3.95. The van der Waals surface area contributed by atoms with Crippen molar-refractivity contribution < 1.29 is 4.79 Å². The van der Waals surface area contributed by atoms with Crippen molar-refractivity contribution in [2.45, 2.75) is 32.9 Å². The van der Waals surface area contributed by atoms with E-state index in [-0.39, 0.29) is 5.91 Å². The Bertz CT molecular complexity index is 970. The molecule has 2 aromatic carbocycles. The molecule has 1 aliphatic heterocycles. The highest BCUT2D eigenvalue weighted by molar-refractivity contribution is 5.95. The van der Waals surface area contributed by atoms with Crippen LogP contribution < -0.4 is 4.90 Å². The minimum absolute atomic E-state index is 0.0147. The molecule has 0 saturated heterocycles. The summed E-state index contributed by atoms with van der Waals surface area (Å²) in [5, 5.41) is 0. The topological polar surface area (TPSA) is 36.4 Å². The van der Waals surface area contributed by atoms with Gasteiger partial charge in [0.25, 0.3) is 5.91 Å². The molecule has 4 nitrogen and oxygen atoms in total. The van der Waals surface area contributed by atoms with Crippen LogP contribution in [0.5, 0.6) is 0 Å². The average Bonchev–Trinajstić information content (AvgIpc) is 3.08. The van der Waals surface area contributed by atoms with Gasteiger partial charge in [0.05, 0.1) is 17.4 Å². The van der Waals surface area contributed by atoms with Gasteiger partial charge in [0.1, 0.15) is 0 Å². The SMILES string of the molecule is CCN(Cc1ccccc1)C(=O)c1cncc(N2c3ccccc3CC2C)c1. The monoisotopic (exact) mass is 371 g/mol. The Kier molecular flexibility index (Phi) is 5.11. The van der Waals surface area contributed by atoms with Crippen molar-refractivity contribution in [1.29, 1.82) is 0 Å². The number of fused-ring (bicyclic) bond motifs is 1. The predicted molar refractivity (Wildman–Crippen MR) is 113 cm³/mol. The lowest BCUT2D eigenvalue weighted by Crippen LogP contribution is -2.31. The van der Waals surface area contributed by atoms with Gasteiger partial charge in [-0.15, -0.1) is 0 Å². The molecule has 0 bridgehead atoms. The van der Waals surface area contributed by atoms with Crippen molar-refractivity contribution in [3.63, 3.8) is 0 Å². The molecule has 3 aromatic rings. The summed E-state index contributed by atoms with van der Waals surface area (Å²) in [6.45, 7) is 5.48. The number of carbonyl (C=O) groups is 1. The van der Waals surface area contributed by atoms with E-state index in [1.165, 1.54) is 11.3 Å². The van der Waals surface area contributed by atoms with Crippen molar-refractivity contribution in [3.8, 4) is 0 Å². The van der Waals surface area contributed by atoms with Crippen molar-refractivity contribution in [2.75, 3.05) is 11.4 Å². The minimum atomic E-state index is 0.0147. The van der Waals surface area contributed by atoms with Crippen molar-refractivity contribution in [1.82, 2.24) is 9.88 Å². The molecule has 0 saturated carbocycles. The lowest BCUT2D eigenvalue weighted by molar-refractivity contribution is 0.0752. The van der Waals surface area contributed by atoms with Gasteiger partial charge in [-0.2, -0.15) is 0 Å². The van der Waals surface area contributed by atoms with Gasteiger partial charge in [0.2, 0.25) is 0 Å². The molecule has 0 fully saturated rings. The lowest BCUT2D eigenvalue weighted by atomic mass is 10.1. The minimum Gasteiger partial charge on any atom is -0.337 e. The zero-order chi connectivity index (χ0) is 19.5. The molecule has 1 amide bonds. The smallest absolute Gasteiger partial charge is 0.255 e. The second-order valence-corrected chi connectivity index (χ2v) is 7.29. The third-order valence-electron chi connectivity index (χ3n) is 5.34. The molecule has 2 heterocycles. The predicted octanol–water partition coefficient (Wildman–Crippen LogP) is 4.83. The Morgan fingerprint density at radius 2 is 1.86 bits per heavy atom. The molecule has 1 unspecified atom stereocenters. The molecule has 4 heteroatoms. The number of amides is 1. The van der Waals surface area contributed by atoms with Crippen molar-refractivity contribution in [3.05, 3.63) is 89.7 Å². The summed E-state index contributed by atoms with van der Waals surface area (Å²) < 4.78 is 0. The second kappa shape index (κ2) is 7.85. The maximum atomic E-state index is 13.1. The third-order valence-corrected chi connectivity index (χ3v) is 5.34. The first-order valence-electron chi connectivity index (χ1n) is 9.82. The number of anilines is 2. The first kappa shape index (κ1) is 18.2. The molecular weight excluding hydrogens is 346 g/mol. The molecule has 142 valence electrons. The van der Waals surface area contributed by atoms with Crippen LogP contribution in [0, 0.1) is 0 Å². The van der Waals surface area contributed by atoms with Gasteiger partial charge in [0.15, 0.2) is 0 Å². The number of hydrogen-bond acceptors (Lipinski definition) is 3. The maximum absolute atomic E-state index is 13.1. The number of rotatable bonds is 5. The molecule has 4 rings (SSSR count). The molecular formula is C24H25N3O. The molecule has 0 radical (unpaired) electrons. The van der Waals surface area contributed by atoms with Crippen LogP contribution in [0.1, 0.15) is 35.3 Å². The van der Waals surface area contributed by atoms with E-state index in [0.29, 0.717) is 24.7 Å². The van der Waals surface area contributed by atoms with Crippen LogP contribution in [0.15, 0.2) is 73.1 Å². The second-order valence-electron chi connectivity index (χ2n) is 7.29. The number of nitrogens with zero attached hydrogens (tertiary/aromatic N) is 3. The Morgan fingerprint density at radius 1 is 1.11 bits per heavy atom. The quantitative estimate of drug-likeness (QED) is 0.645. The summed E-state index contributed by atoms with van der Waals surface area (Å²) >= 11 is 0. The van der Waals surface area contributed by atoms with Crippen molar-refractivity contribution in [2.24, 2.45) is 0 Å². The highest BCUT2D eigenvalue weighted by Gasteiger charge is 2.27. The summed E-state index contributed by atoms with van der Waals surface area (Å²) in [6.07, 6.45) is 4.53. The molecule has 0 aliphatic carbocycles. The van der Waals surface area contributed by atoms with E-state index in [1.54, 1.807) is 6.20 Å². The summed E-state index contributed by atoms with van der Waals surface area (Å²) in [5.74, 6) is 0.0147. The standard InChI is InChI=1S/C24H25N3O/c1-3-26(17-19-9-5-4-6-10-19)24(28)21-14-22(16-25-15-21)27-18(2)13-20-11-7-8-12-23(20)27/h4-12,14-16,18H,3,13,17H2,1-2H3. The zero-order valence-corrected chi connectivity index (χ0v) is 16.4. The highest BCUT2D eigenvalue weighted by Crippen LogP contribution is 2.38. The van der Waals surface area contributed by atoms with Crippen LogP contribution in [-0.4, -0.2) is 28.4 Å². The molecule has 1 aliphatic rings. The molecule has 1 aromatic heterocycles. The van der Waals surface area contributed by atoms with E-state index in [9.17, 15) is 4.79 Å². The van der Waals surface area contributed by atoms with Gasteiger partial charge in [-0.05, 0) is 43.5 Å². The molecule has 1 atom stereocenters. The van der Waals surface area contributed by atoms with Crippen LogP contribution in [0.4, 0.5) is 11.4 Å². The average molecular weight is 371 g/mol. The zero-order valence-electron chi connectivity index (χ0n) is 16.4. The van der Waals surface area contributed by atoms with E-state index in [1.807, 2.05) is 54.4 Å². The van der Waals surface area contributed by atoms with Crippen LogP contribution in [0.3, 0.4) is 0 Å². The Balaban J connectivity index is 1.61. The Morgan fingerprint density at radius 3 is 2.64 bits per heavy atom. The van der Waals surface area contributed by atoms with Gasteiger partial charge in [-0.25, -0.2) is 0 Å². The lowest BCUT2D eigenvalue weighted by Gasteiger charge is -2.26. The number of hydrogen-bond donors (Lipinski definition) is 0. The van der Waals surface area contributed by atoms with Gasteiger partial charge in [-0.1, -0.05) is 48.5 Å². The normalized spacial score (nSPS) is 15.4. The number of carbonyl (C=O) groups excluding carboxylic acids is 1. The van der Waals surface area contributed by atoms with E-state index in [2.05, 4.69) is 41.1 Å². The third kappa shape index (κ3) is 3.50. The summed E-state index contributed by atoms with van der Waals surface area (Å²) in [5.41, 5.74) is 5.28. The van der Waals surface area contributed by atoms with E-state index in [0.717, 1.165) is 17.7 Å². The molecule has 0 spiro atoms. The van der Waals surface area contributed by atoms with Gasteiger partial charge < -0.3 is 9.80 Å². The van der Waals surface area contributed by atoms with Gasteiger partial charge in [0, 0.05) is 31.0 Å². The van der Waals surface area contributed by atoms with Gasteiger partial charge >= 0.3 is 0 Å². The largest absolute Gasteiger partial charge is 0.337 e. The first-order valence-corrected chi connectivity index (χ1v) is 9.82. The molecule has 28 heavy (non-hydrogen) atoms. The Labute approximate surface area is 166 Å². The van der Waals surface area contributed by atoms with Gasteiger partial charge in [-0.3, -0.25) is 9.78 Å². The number of benzene rings is 2. The number of para-hydroxylation sites is 1. The van der Waals surface area contributed by atoms with Crippen LogP contribution in [-0.2, 0) is 13.0 Å². The number of aromatic nitrogens is 1. The summed E-state index contributed by atoms with van der Waals surface area (Å²) in [4.78, 5) is 21.7. The summed E-state index contributed by atoms with van der Waals surface area (Å²) in [7, 11) is 0. The number of pyridine rings is 1. The van der Waals surface area contributed by atoms with E-state index < -0.39 is 0 Å². The summed E-state index contributed by atoms with van der Waals surface area (Å²) in [6, 6.07) is 20.9.